The predicted octanol–water partition coefficient (Wildman–Crippen LogP) is 0.282. The lowest BCUT2D eigenvalue weighted by Crippen LogP contribution is -3.14. The Morgan fingerprint density at radius 2 is 1.94 bits per heavy atom. The average molecular weight is 264 g/mol. The Labute approximate surface area is 115 Å². The molecule has 0 aromatic heterocycles. The monoisotopic (exact) mass is 264 g/mol. The van der Waals surface area contributed by atoms with Gasteiger partial charge in [-0.1, -0.05) is 30.3 Å². The van der Waals surface area contributed by atoms with E-state index in [1.165, 1.54) is 25.2 Å². The fraction of sp³-hybridized carbons (Fsp3) is 0.500. The molecule has 4 heteroatoms. The van der Waals surface area contributed by atoms with E-state index < -0.39 is 0 Å². The predicted molar refractivity (Wildman–Crippen MR) is 78.7 cm³/mol. The van der Waals surface area contributed by atoms with E-state index in [9.17, 15) is 0 Å². The SMILES string of the molecule is CC[NH+]1CCN(C(=S)NCc2ccccc2)CC1. The minimum absolute atomic E-state index is 0.820. The van der Waals surface area contributed by atoms with Gasteiger partial charge in [-0.25, -0.2) is 0 Å². The molecule has 2 rings (SSSR count). The largest absolute Gasteiger partial charge is 0.358 e. The van der Waals surface area contributed by atoms with E-state index in [-0.39, 0.29) is 0 Å². The molecule has 1 saturated heterocycles. The molecule has 0 bridgehead atoms. The standard InChI is InChI=1S/C14H21N3S/c1-2-16-8-10-17(11-9-16)14(18)15-12-13-6-4-3-5-7-13/h3-7H,2,8-12H2,1H3,(H,15,18)/p+1. The summed E-state index contributed by atoms with van der Waals surface area (Å²) in [5.74, 6) is 0. The van der Waals surface area contributed by atoms with E-state index in [0.717, 1.165) is 24.7 Å². The first-order valence-corrected chi connectivity index (χ1v) is 7.10. The van der Waals surface area contributed by atoms with Crippen LogP contribution in [-0.4, -0.2) is 42.7 Å². The topological polar surface area (TPSA) is 19.7 Å². The van der Waals surface area contributed by atoms with Gasteiger partial charge < -0.3 is 15.1 Å². The van der Waals surface area contributed by atoms with Crippen LogP contribution in [0, 0.1) is 0 Å². The van der Waals surface area contributed by atoms with Gasteiger partial charge in [0, 0.05) is 6.54 Å². The highest BCUT2D eigenvalue weighted by molar-refractivity contribution is 7.80. The van der Waals surface area contributed by atoms with Gasteiger partial charge in [-0.05, 0) is 24.7 Å². The first-order valence-electron chi connectivity index (χ1n) is 6.70. The normalized spacial score (nSPS) is 16.6. The van der Waals surface area contributed by atoms with Crippen LogP contribution < -0.4 is 10.2 Å². The third-order valence-electron chi connectivity index (χ3n) is 3.54. The van der Waals surface area contributed by atoms with Crippen LogP contribution in [0.25, 0.3) is 0 Å². The van der Waals surface area contributed by atoms with Gasteiger partial charge in [-0.3, -0.25) is 0 Å². The lowest BCUT2D eigenvalue weighted by molar-refractivity contribution is -0.902. The van der Waals surface area contributed by atoms with Crippen molar-refractivity contribution in [2.75, 3.05) is 32.7 Å². The molecule has 1 aliphatic heterocycles. The second-order valence-corrected chi connectivity index (χ2v) is 5.12. The average Bonchev–Trinajstić information content (AvgIpc) is 2.46. The van der Waals surface area contributed by atoms with Crippen LogP contribution >= 0.6 is 12.2 Å². The maximum atomic E-state index is 5.45. The van der Waals surface area contributed by atoms with Gasteiger partial charge in [0.2, 0.25) is 0 Å². The highest BCUT2D eigenvalue weighted by Gasteiger charge is 2.19. The van der Waals surface area contributed by atoms with Gasteiger partial charge >= 0.3 is 0 Å². The van der Waals surface area contributed by atoms with Crippen LogP contribution in [-0.2, 0) is 6.54 Å². The zero-order valence-corrected chi connectivity index (χ0v) is 11.8. The van der Waals surface area contributed by atoms with Crippen LogP contribution in [0.3, 0.4) is 0 Å². The third-order valence-corrected chi connectivity index (χ3v) is 3.95. The van der Waals surface area contributed by atoms with E-state index in [0.29, 0.717) is 0 Å². The van der Waals surface area contributed by atoms with E-state index >= 15 is 0 Å². The number of hydrogen-bond acceptors (Lipinski definition) is 1. The molecule has 1 fully saturated rings. The highest BCUT2D eigenvalue weighted by Crippen LogP contribution is 1.99. The van der Waals surface area contributed by atoms with Crippen molar-refractivity contribution in [2.24, 2.45) is 0 Å². The summed E-state index contributed by atoms with van der Waals surface area (Å²) in [4.78, 5) is 3.97. The molecule has 3 nitrogen and oxygen atoms in total. The highest BCUT2D eigenvalue weighted by atomic mass is 32.1. The fourth-order valence-electron chi connectivity index (χ4n) is 2.26. The molecule has 0 atom stereocenters. The number of thiocarbonyl (C=S) groups is 1. The van der Waals surface area contributed by atoms with E-state index in [4.69, 9.17) is 12.2 Å². The Balaban J connectivity index is 1.75. The molecule has 2 N–H and O–H groups in total. The summed E-state index contributed by atoms with van der Waals surface area (Å²) in [6.45, 7) is 8.83. The van der Waals surface area contributed by atoms with Crippen LogP contribution in [0.5, 0.6) is 0 Å². The molecular formula is C14H22N3S+. The number of piperazine rings is 1. The Bertz CT molecular complexity index is 372. The van der Waals surface area contributed by atoms with Crippen molar-refractivity contribution < 1.29 is 4.90 Å². The van der Waals surface area contributed by atoms with Crippen molar-refractivity contribution in [3.63, 3.8) is 0 Å². The summed E-state index contributed by atoms with van der Waals surface area (Å²) in [7, 11) is 0. The molecule has 0 aliphatic carbocycles. The maximum absolute atomic E-state index is 5.45. The Hall–Kier alpha value is -1.13. The van der Waals surface area contributed by atoms with Crippen LogP contribution in [0.4, 0.5) is 0 Å². The lowest BCUT2D eigenvalue weighted by atomic mass is 10.2. The zero-order valence-electron chi connectivity index (χ0n) is 11.0. The molecule has 1 heterocycles. The minimum atomic E-state index is 0.820. The summed E-state index contributed by atoms with van der Waals surface area (Å²) >= 11 is 5.45. The molecule has 0 spiro atoms. The molecule has 1 aromatic carbocycles. The molecule has 0 amide bonds. The van der Waals surface area contributed by atoms with Crippen LogP contribution in [0.15, 0.2) is 30.3 Å². The first-order chi connectivity index (χ1) is 8.79. The van der Waals surface area contributed by atoms with Gasteiger partial charge in [0.05, 0.1) is 32.7 Å². The van der Waals surface area contributed by atoms with Crippen molar-refractivity contribution >= 4 is 17.3 Å². The van der Waals surface area contributed by atoms with E-state index in [1.54, 1.807) is 4.90 Å². The second-order valence-electron chi connectivity index (χ2n) is 4.73. The Kier molecular flexibility index (Phi) is 4.96. The van der Waals surface area contributed by atoms with Crippen LogP contribution in [0.2, 0.25) is 0 Å². The molecule has 18 heavy (non-hydrogen) atoms. The smallest absolute Gasteiger partial charge is 0.169 e. The quantitative estimate of drug-likeness (QED) is 0.765. The number of benzene rings is 1. The van der Waals surface area contributed by atoms with Gasteiger partial charge in [0.15, 0.2) is 5.11 Å². The molecule has 98 valence electrons. The molecular weight excluding hydrogens is 242 g/mol. The van der Waals surface area contributed by atoms with Crippen molar-refractivity contribution in [1.82, 2.24) is 10.2 Å². The van der Waals surface area contributed by atoms with Crippen molar-refractivity contribution in [1.29, 1.82) is 0 Å². The molecule has 0 radical (unpaired) electrons. The van der Waals surface area contributed by atoms with E-state index in [1.807, 2.05) is 6.07 Å². The first kappa shape index (κ1) is 13.3. The van der Waals surface area contributed by atoms with Crippen molar-refractivity contribution in [3.05, 3.63) is 35.9 Å². The number of nitrogens with zero attached hydrogens (tertiary/aromatic N) is 1. The summed E-state index contributed by atoms with van der Waals surface area (Å²) in [5.41, 5.74) is 1.28. The molecule has 1 aliphatic rings. The summed E-state index contributed by atoms with van der Waals surface area (Å²) in [6, 6.07) is 10.4. The zero-order chi connectivity index (χ0) is 12.8. The number of hydrogen-bond donors (Lipinski definition) is 2. The number of quaternary nitrogens is 1. The van der Waals surface area contributed by atoms with Gasteiger partial charge in [-0.15, -0.1) is 0 Å². The van der Waals surface area contributed by atoms with Crippen molar-refractivity contribution in [2.45, 2.75) is 13.5 Å². The minimum Gasteiger partial charge on any atom is -0.358 e. The molecule has 1 aromatic rings. The van der Waals surface area contributed by atoms with Crippen molar-refractivity contribution in [3.8, 4) is 0 Å². The fourth-order valence-corrected chi connectivity index (χ4v) is 2.52. The number of rotatable bonds is 3. The Morgan fingerprint density at radius 1 is 1.28 bits per heavy atom. The van der Waals surface area contributed by atoms with E-state index in [2.05, 4.69) is 41.4 Å². The lowest BCUT2D eigenvalue weighted by Gasteiger charge is -2.33. The molecule has 0 unspecified atom stereocenters. The van der Waals surface area contributed by atoms with Gasteiger partial charge in [-0.2, -0.15) is 0 Å². The molecule has 0 saturated carbocycles. The maximum Gasteiger partial charge on any atom is 0.169 e. The Morgan fingerprint density at radius 3 is 2.56 bits per heavy atom. The van der Waals surface area contributed by atoms with Gasteiger partial charge in [0.25, 0.3) is 0 Å². The van der Waals surface area contributed by atoms with Crippen LogP contribution in [0.1, 0.15) is 12.5 Å². The third kappa shape index (κ3) is 3.68. The summed E-state index contributed by atoms with van der Waals surface area (Å²) in [6.07, 6.45) is 0. The second kappa shape index (κ2) is 6.71. The number of likely N-dealkylation sites (N-methyl/N-ethyl adjacent to an activating group) is 1. The van der Waals surface area contributed by atoms with Gasteiger partial charge in [0.1, 0.15) is 0 Å². The summed E-state index contributed by atoms with van der Waals surface area (Å²) < 4.78 is 0. The number of nitrogens with one attached hydrogen (secondary N) is 2. The summed E-state index contributed by atoms with van der Waals surface area (Å²) in [5, 5.41) is 4.25.